The summed E-state index contributed by atoms with van der Waals surface area (Å²) >= 11 is 0. The van der Waals surface area contributed by atoms with Gasteiger partial charge in [0.05, 0.1) is 11.1 Å². The minimum absolute atomic E-state index is 0.189. The second kappa shape index (κ2) is 5.09. The van der Waals surface area contributed by atoms with Crippen LogP contribution in [0.25, 0.3) is 10.9 Å². The third-order valence-electron chi connectivity index (χ3n) is 4.46. The quantitative estimate of drug-likeness (QED) is 0.698. The second-order valence-corrected chi connectivity index (χ2v) is 5.84. The van der Waals surface area contributed by atoms with Gasteiger partial charge in [-0.05, 0) is 30.2 Å². The number of imide groups is 1. The van der Waals surface area contributed by atoms with Crippen molar-refractivity contribution in [1.82, 2.24) is 9.47 Å². The topological polar surface area (TPSA) is 42.3 Å². The molecule has 0 spiro atoms. The summed E-state index contributed by atoms with van der Waals surface area (Å²) in [7, 11) is 2.01. The van der Waals surface area contributed by atoms with Crippen molar-refractivity contribution < 1.29 is 9.59 Å². The fraction of sp³-hybridized carbons (Fsp3) is 0.158. The number of aromatic nitrogens is 1. The molecule has 0 N–H and O–H groups in total. The van der Waals surface area contributed by atoms with E-state index in [0.717, 1.165) is 11.1 Å². The summed E-state index contributed by atoms with van der Waals surface area (Å²) in [4.78, 5) is 26.1. The highest BCUT2D eigenvalue weighted by Gasteiger charge is 2.34. The molecule has 1 aliphatic rings. The van der Waals surface area contributed by atoms with E-state index in [1.807, 2.05) is 19.2 Å². The van der Waals surface area contributed by atoms with Crippen LogP contribution in [0.2, 0.25) is 0 Å². The normalized spacial score (nSPS) is 13.9. The van der Waals surface area contributed by atoms with E-state index in [0.29, 0.717) is 24.1 Å². The summed E-state index contributed by atoms with van der Waals surface area (Å²) in [6, 6.07) is 15.2. The summed E-state index contributed by atoms with van der Waals surface area (Å²) in [5.74, 6) is -0.378. The van der Waals surface area contributed by atoms with Gasteiger partial charge in [-0.25, -0.2) is 0 Å². The number of hydrogen-bond acceptors (Lipinski definition) is 2. The fourth-order valence-corrected chi connectivity index (χ4v) is 3.30. The summed E-state index contributed by atoms with van der Waals surface area (Å²) < 4.78 is 2.08. The molecule has 1 aromatic heterocycles. The highest BCUT2D eigenvalue weighted by molar-refractivity contribution is 6.21. The first-order valence-corrected chi connectivity index (χ1v) is 7.65. The molecule has 1 aliphatic heterocycles. The highest BCUT2D eigenvalue weighted by atomic mass is 16.2. The van der Waals surface area contributed by atoms with E-state index in [9.17, 15) is 9.59 Å². The Hall–Kier alpha value is -2.88. The van der Waals surface area contributed by atoms with Crippen LogP contribution in [0, 0.1) is 0 Å². The van der Waals surface area contributed by atoms with Gasteiger partial charge in [-0.15, -0.1) is 0 Å². The molecule has 0 saturated carbocycles. The zero-order valence-corrected chi connectivity index (χ0v) is 12.8. The molecule has 0 fully saturated rings. The van der Waals surface area contributed by atoms with E-state index < -0.39 is 0 Å². The molecule has 4 nitrogen and oxygen atoms in total. The van der Waals surface area contributed by atoms with E-state index in [4.69, 9.17) is 0 Å². The van der Waals surface area contributed by atoms with E-state index in [1.54, 1.807) is 24.3 Å². The fourth-order valence-electron chi connectivity index (χ4n) is 3.30. The highest BCUT2D eigenvalue weighted by Crippen LogP contribution is 2.25. The predicted molar refractivity (Wildman–Crippen MR) is 88.4 cm³/mol. The van der Waals surface area contributed by atoms with Gasteiger partial charge in [0.2, 0.25) is 0 Å². The van der Waals surface area contributed by atoms with E-state index in [-0.39, 0.29) is 11.8 Å². The van der Waals surface area contributed by atoms with E-state index >= 15 is 0 Å². The average Bonchev–Trinajstić information content (AvgIpc) is 3.03. The first-order chi connectivity index (χ1) is 11.2. The van der Waals surface area contributed by atoms with Crippen LogP contribution < -0.4 is 0 Å². The molecule has 0 unspecified atom stereocenters. The molecular weight excluding hydrogens is 288 g/mol. The lowest BCUT2D eigenvalue weighted by Crippen LogP contribution is -2.31. The van der Waals surface area contributed by atoms with Crippen molar-refractivity contribution in [3.63, 3.8) is 0 Å². The number of nitrogens with zero attached hydrogens (tertiary/aromatic N) is 2. The summed E-state index contributed by atoms with van der Waals surface area (Å²) in [6.45, 7) is 0.403. The van der Waals surface area contributed by atoms with Crippen molar-refractivity contribution in [3.05, 3.63) is 71.4 Å². The lowest BCUT2D eigenvalue weighted by atomic mass is 10.1. The Morgan fingerprint density at radius 1 is 0.870 bits per heavy atom. The Morgan fingerprint density at radius 2 is 1.48 bits per heavy atom. The van der Waals surface area contributed by atoms with Gasteiger partial charge in [0.25, 0.3) is 11.8 Å². The number of rotatable bonds is 3. The molecule has 2 heterocycles. The molecule has 4 heteroatoms. The summed E-state index contributed by atoms with van der Waals surface area (Å²) in [5.41, 5.74) is 3.33. The zero-order valence-electron chi connectivity index (χ0n) is 12.8. The SMILES string of the molecule is Cn1cc(CCN2C(=O)c3ccccc3C2=O)c2ccccc21. The molecule has 0 radical (unpaired) electrons. The molecule has 2 aromatic carbocycles. The smallest absolute Gasteiger partial charge is 0.261 e. The van der Waals surface area contributed by atoms with E-state index in [2.05, 4.69) is 22.9 Å². The van der Waals surface area contributed by atoms with Gasteiger partial charge < -0.3 is 4.57 Å². The van der Waals surface area contributed by atoms with Crippen LogP contribution in [0.5, 0.6) is 0 Å². The monoisotopic (exact) mass is 304 g/mol. The van der Waals surface area contributed by atoms with Crippen LogP contribution >= 0.6 is 0 Å². The number of carbonyl (C=O) groups excluding carboxylic acids is 2. The molecule has 114 valence electrons. The summed E-state index contributed by atoms with van der Waals surface area (Å²) in [5, 5.41) is 1.17. The van der Waals surface area contributed by atoms with Gasteiger partial charge in [-0.2, -0.15) is 0 Å². The second-order valence-electron chi connectivity index (χ2n) is 5.84. The zero-order chi connectivity index (χ0) is 16.0. The van der Waals surface area contributed by atoms with Crippen molar-refractivity contribution in [2.24, 2.45) is 7.05 Å². The molecule has 3 aromatic rings. The molecule has 0 atom stereocenters. The van der Waals surface area contributed by atoms with Gasteiger partial charge in [-0.3, -0.25) is 14.5 Å². The van der Waals surface area contributed by atoms with Crippen LogP contribution in [0.15, 0.2) is 54.7 Å². The van der Waals surface area contributed by atoms with Crippen molar-refractivity contribution in [2.45, 2.75) is 6.42 Å². The van der Waals surface area contributed by atoms with Gasteiger partial charge in [0.15, 0.2) is 0 Å². The molecule has 0 aliphatic carbocycles. The first kappa shape index (κ1) is 13.8. The first-order valence-electron chi connectivity index (χ1n) is 7.65. The van der Waals surface area contributed by atoms with Crippen LogP contribution in [0.3, 0.4) is 0 Å². The predicted octanol–water partition coefficient (Wildman–Crippen LogP) is 3.02. The Balaban J connectivity index is 1.60. The number of para-hydroxylation sites is 1. The minimum Gasteiger partial charge on any atom is -0.350 e. The molecule has 4 rings (SSSR count). The van der Waals surface area contributed by atoms with Crippen molar-refractivity contribution in [2.75, 3.05) is 6.54 Å². The molecule has 0 bridgehead atoms. The number of aryl methyl sites for hydroxylation is 1. The number of amides is 2. The average molecular weight is 304 g/mol. The number of carbonyl (C=O) groups is 2. The van der Waals surface area contributed by atoms with Crippen LogP contribution in [-0.4, -0.2) is 27.8 Å². The van der Waals surface area contributed by atoms with Crippen LogP contribution in [0.1, 0.15) is 26.3 Å². The number of hydrogen-bond donors (Lipinski definition) is 0. The maximum atomic E-state index is 12.4. The van der Waals surface area contributed by atoms with E-state index in [1.165, 1.54) is 10.3 Å². The van der Waals surface area contributed by atoms with Crippen LogP contribution in [-0.2, 0) is 13.5 Å². The maximum absolute atomic E-state index is 12.4. The lowest BCUT2D eigenvalue weighted by Gasteiger charge is -2.13. The molecular formula is C19H16N2O2. The maximum Gasteiger partial charge on any atom is 0.261 e. The largest absolute Gasteiger partial charge is 0.350 e. The van der Waals surface area contributed by atoms with Gasteiger partial charge in [0, 0.05) is 30.7 Å². The van der Waals surface area contributed by atoms with Crippen molar-refractivity contribution in [3.8, 4) is 0 Å². The Bertz CT molecular complexity index is 904. The van der Waals surface area contributed by atoms with Crippen LogP contribution in [0.4, 0.5) is 0 Å². The molecule has 23 heavy (non-hydrogen) atoms. The standard InChI is InChI=1S/C19H16N2O2/c1-20-12-13(14-6-4-5-9-17(14)20)10-11-21-18(22)15-7-2-3-8-16(15)19(21)23/h2-9,12H,10-11H2,1H3. The van der Waals surface area contributed by atoms with Crippen molar-refractivity contribution in [1.29, 1.82) is 0 Å². The third kappa shape index (κ3) is 2.06. The summed E-state index contributed by atoms with van der Waals surface area (Å²) in [6.07, 6.45) is 2.73. The Morgan fingerprint density at radius 3 is 2.17 bits per heavy atom. The number of benzene rings is 2. The van der Waals surface area contributed by atoms with Gasteiger partial charge in [0.1, 0.15) is 0 Å². The Kier molecular flexibility index (Phi) is 3.05. The Labute approximate surface area is 133 Å². The lowest BCUT2D eigenvalue weighted by molar-refractivity contribution is 0.0656. The minimum atomic E-state index is -0.189. The van der Waals surface area contributed by atoms with Crippen molar-refractivity contribution >= 4 is 22.7 Å². The third-order valence-corrected chi connectivity index (χ3v) is 4.46. The van der Waals surface area contributed by atoms with Gasteiger partial charge >= 0.3 is 0 Å². The number of fused-ring (bicyclic) bond motifs is 2. The van der Waals surface area contributed by atoms with Gasteiger partial charge in [-0.1, -0.05) is 30.3 Å². The molecule has 2 amide bonds. The molecule has 0 saturated heterocycles.